The van der Waals surface area contributed by atoms with Crippen LogP contribution in [0.25, 0.3) is 5.69 Å². The summed E-state index contributed by atoms with van der Waals surface area (Å²) in [7, 11) is -4.03. The molecule has 0 fully saturated rings. The fraction of sp³-hybridized carbons (Fsp3) is 0.323. The van der Waals surface area contributed by atoms with E-state index in [4.69, 9.17) is 38.1 Å². The fourth-order valence-electron chi connectivity index (χ4n) is 4.71. The van der Waals surface area contributed by atoms with E-state index in [1.54, 1.807) is 36.5 Å². The van der Waals surface area contributed by atoms with E-state index in [2.05, 4.69) is 32.6 Å². The minimum atomic E-state index is -4.03. The normalized spacial score (nSPS) is 12.2. The first-order valence-electron chi connectivity index (χ1n) is 13.8. The Kier molecular flexibility index (Phi) is 10.8. The van der Waals surface area contributed by atoms with Gasteiger partial charge in [-0.3, -0.25) is 4.57 Å². The van der Waals surface area contributed by atoms with Crippen molar-refractivity contribution >= 4 is 45.0 Å². The number of aromatic nitrogens is 2. The number of ether oxygens (including phenoxy) is 1. The Morgan fingerprint density at radius 1 is 1.02 bits per heavy atom. The summed E-state index contributed by atoms with van der Waals surface area (Å²) in [5, 5.41) is 7.12. The van der Waals surface area contributed by atoms with Crippen LogP contribution in [0.2, 0.25) is 10.0 Å². The summed E-state index contributed by atoms with van der Waals surface area (Å²) in [6, 6.07) is 16.7. The molecule has 0 atom stereocenters. The maximum Gasteiger partial charge on any atom is 0.241 e. The van der Waals surface area contributed by atoms with Crippen molar-refractivity contribution in [3.05, 3.63) is 99.5 Å². The number of likely N-dealkylation sites (N-methyl/N-ethyl adjacent to an activating group) is 1. The molecule has 2 N–H and O–H groups in total. The second-order valence-electron chi connectivity index (χ2n) is 10.5. The van der Waals surface area contributed by atoms with Crippen molar-refractivity contribution in [1.82, 2.24) is 14.5 Å². The molecule has 0 saturated heterocycles. The quantitative estimate of drug-likeness (QED) is 0.151. The van der Waals surface area contributed by atoms with Gasteiger partial charge in [0.1, 0.15) is 23.1 Å². The molecule has 0 unspecified atom stereocenters. The molecule has 1 heterocycles. The zero-order valence-corrected chi connectivity index (χ0v) is 27.6. The largest absolute Gasteiger partial charge is 0.491 e. The van der Waals surface area contributed by atoms with E-state index in [0.29, 0.717) is 34.1 Å². The van der Waals surface area contributed by atoms with Gasteiger partial charge in [0.15, 0.2) is 5.16 Å². The second kappa shape index (κ2) is 14.0. The SMILES string of the molecule is CCN(CC)CCOc1ccc(CSc2ncc(C(C)(C)c3ccc(Cl)c(Cl)c3)n2-c2ccc(F)cc2)cc1S(N)(=O)=O. The minimum Gasteiger partial charge on any atom is -0.491 e. The van der Waals surface area contributed by atoms with Crippen LogP contribution in [-0.2, 0) is 21.2 Å². The molecule has 0 aliphatic carbocycles. The van der Waals surface area contributed by atoms with Crippen molar-refractivity contribution in [2.24, 2.45) is 5.14 Å². The van der Waals surface area contributed by atoms with E-state index in [0.717, 1.165) is 35.6 Å². The summed E-state index contributed by atoms with van der Waals surface area (Å²) >= 11 is 13.9. The maximum atomic E-state index is 13.9. The number of benzene rings is 3. The second-order valence-corrected chi connectivity index (χ2v) is 13.8. The lowest BCUT2D eigenvalue weighted by atomic mass is 9.81. The monoisotopic (exact) mass is 664 g/mol. The molecule has 0 bridgehead atoms. The van der Waals surface area contributed by atoms with E-state index in [9.17, 15) is 12.8 Å². The van der Waals surface area contributed by atoms with Crippen LogP contribution in [0, 0.1) is 5.82 Å². The summed E-state index contributed by atoms with van der Waals surface area (Å²) in [5.41, 5.74) is 2.67. The zero-order valence-electron chi connectivity index (χ0n) is 24.5. The minimum absolute atomic E-state index is 0.0616. The molecular formula is C31H35Cl2FN4O3S2. The molecule has 3 aromatic carbocycles. The molecule has 7 nitrogen and oxygen atoms in total. The average Bonchev–Trinajstić information content (AvgIpc) is 3.40. The molecule has 4 rings (SSSR count). The fourth-order valence-corrected chi connectivity index (χ4v) is 6.66. The number of sulfonamides is 1. The molecule has 0 saturated carbocycles. The Bertz CT molecular complexity index is 1680. The van der Waals surface area contributed by atoms with Gasteiger partial charge in [-0.2, -0.15) is 0 Å². The molecule has 4 aromatic rings. The van der Waals surface area contributed by atoms with Gasteiger partial charge in [-0.05, 0) is 72.7 Å². The van der Waals surface area contributed by atoms with Crippen molar-refractivity contribution in [2.75, 3.05) is 26.2 Å². The molecule has 0 spiro atoms. The molecular weight excluding hydrogens is 630 g/mol. The number of hydrogen-bond donors (Lipinski definition) is 1. The van der Waals surface area contributed by atoms with Gasteiger partial charge in [-0.15, -0.1) is 0 Å². The van der Waals surface area contributed by atoms with E-state index in [1.165, 1.54) is 23.9 Å². The topological polar surface area (TPSA) is 90.4 Å². The molecule has 12 heteroatoms. The van der Waals surface area contributed by atoms with Gasteiger partial charge in [-0.1, -0.05) is 74.8 Å². The Morgan fingerprint density at radius 3 is 2.35 bits per heavy atom. The lowest BCUT2D eigenvalue weighted by Crippen LogP contribution is -2.28. The van der Waals surface area contributed by atoms with Crippen molar-refractivity contribution < 1.29 is 17.5 Å². The zero-order chi connectivity index (χ0) is 31.4. The van der Waals surface area contributed by atoms with Crippen LogP contribution in [-0.4, -0.2) is 49.1 Å². The van der Waals surface area contributed by atoms with Crippen molar-refractivity contribution in [3.8, 4) is 11.4 Å². The summed E-state index contributed by atoms with van der Waals surface area (Å²) in [6.45, 7) is 11.0. The third-order valence-electron chi connectivity index (χ3n) is 7.34. The molecule has 0 aliphatic heterocycles. The highest BCUT2D eigenvalue weighted by Crippen LogP contribution is 2.39. The van der Waals surface area contributed by atoms with Gasteiger partial charge in [0, 0.05) is 23.4 Å². The molecule has 43 heavy (non-hydrogen) atoms. The highest BCUT2D eigenvalue weighted by Gasteiger charge is 2.30. The van der Waals surface area contributed by atoms with Gasteiger partial charge in [0.2, 0.25) is 10.0 Å². The van der Waals surface area contributed by atoms with Crippen LogP contribution < -0.4 is 9.88 Å². The van der Waals surface area contributed by atoms with Gasteiger partial charge in [0.05, 0.1) is 21.9 Å². The van der Waals surface area contributed by atoms with Gasteiger partial charge in [-0.25, -0.2) is 22.9 Å². The van der Waals surface area contributed by atoms with Crippen molar-refractivity contribution in [3.63, 3.8) is 0 Å². The molecule has 0 amide bonds. The number of hydrogen-bond acceptors (Lipinski definition) is 6. The predicted molar refractivity (Wildman–Crippen MR) is 173 cm³/mol. The van der Waals surface area contributed by atoms with Crippen LogP contribution in [0.4, 0.5) is 4.39 Å². The Morgan fingerprint density at radius 2 is 1.72 bits per heavy atom. The Hall–Kier alpha value is -2.60. The maximum absolute atomic E-state index is 13.9. The first kappa shape index (κ1) is 33.3. The van der Waals surface area contributed by atoms with Crippen molar-refractivity contribution in [2.45, 2.75) is 48.9 Å². The third kappa shape index (κ3) is 7.92. The summed E-state index contributed by atoms with van der Waals surface area (Å²) in [4.78, 5) is 6.85. The first-order valence-corrected chi connectivity index (χ1v) is 17.1. The van der Waals surface area contributed by atoms with E-state index in [1.807, 2.05) is 22.8 Å². The molecule has 0 aliphatic rings. The molecule has 0 radical (unpaired) electrons. The number of imidazole rings is 1. The van der Waals surface area contributed by atoms with E-state index in [-0.39, 0.29) is 16.5 Å². The van der Waals surface area contributed by atoms with Crippen LogP contribution in [0.15, 0.2) is 76.9 Å². The van der Waals surface area contributed by atoms with Crippen LogP contribution >= 0.6 is 35.0 Å². The number of halogens is 3. The number of nitrogens with two attached hydrogens (primary N) is 1. The number of nitrogens with zero attached hydrogens (tertiary/aromatic N) is 3. The molecule has 230 valence electrons. The van der Waals surface area contributed by atoms with Crippen molar-refractivity contribution in [1.29, 1.82) is 0 Å². The Labute approximate surface area is 267 Å². The van der Waals surface area contributed by atoms with Gasteiger partial charge >= 0.3 is 0 Å². The van der Waals surface area contributed by atoms with Gasteiger partial charge < -0.3 is 9.64 Å². The van der Waals surface area contributed by atoms with E-state index >= 15 is 0 Å². The van der Waals surface area contributed by atoms with Crippen LogP contribution in [0.5, 0.6) is 5.75 Å². The number of thioether (sulfide) groups is 1. The van der Waals surface area contributed by atoms with Crippen LogP contribution in [0.3, 0.4) is 0 Å². The number of rotatable bonds is 13. The highest BCUT2D eigenvalue weighted by atomic mass is 35.5. The molecule has 1 aromatic heterocycles. The third-order valence-corrected chi connectivity index (χ3v) is 10.0. The lowest BCUT2D eigenvalue weighted by Gasteiger charge is -2.28. The standard InChI is InChI=1S/C31H35Cl2FN4O3S2/c1-5-37(6-2)15-16-41-27-14-7-21(17-28(27)43(35,39)40)20-42-30-36-19-29(38(30)24-11-9-23(34)10-12-24)31(3,4)22-8-13-25(32)26(33)18-22/h7-14,17-19H,5-6,15-16,20H2,1-4H3,(H2,35,39,40). The Balaban J connectivity index is 1.66. The summed E-state index contributed by atoms with van der Waals surface area (Å²) in [5.74, 6) is 0.271. The highest BCUT2D eigenvalue weighted by molar-refractivity contribution is 7.98. The first-order chi connectivity index (χ1) is 20.3. The van der Waals surface area contributed by atoms with Crippen LogP contribution in [0.1, 0.15) is 44.5 Å². The van der Waals surface area contributed by atoms with E-state index < -0.39 is 15.4 Å². The lowest BCUT2D eigenvalue weighted by molar-refractivity contribution is 0.219. The number of primary sulfonamides is 1. The van der Waals surface area contributed by atoms with Gasteiger partial charge in [0.25, 0.3) is 0 Å². The predicted octanol–water partition coefficient (Wildman–Crippen LogP) is 7.30. The smallest absolute Gasteiger partial charge is 0.241 e. The summed E-state index contributed by atoms with van der Waals surface area (Å²) in [6.07, 6.45) is 1.79. The average molecular weight is 666 g/mol. The summed E-state index contributed by atoms with van der Waals surface area (Å²) < 4.78 is 46.6.